The molecular weight excluding hydrogens is 418 g/mol. The molecule has 0 saturated carbocycles. The van der Waals surface area contributed by atoms with Gasteiger partial charge in [-0.15, -0.1) is 5.10 Å². The number of fused-ring (bicyclic) bond motifs is 1. The van der Waals surface area contributed by atoms with E-state index in [-0.39, 0.29) is 11.7 Å². The quantitative estimate of drug-likeness (QED) is 0.647. The number of hydrogen-bond donors (Lipinski definition) is 1. The number of likely N-dealkylation sites (N-methyl/N-ethyl adjacent to an activating group) is 1. The number of carbonyl (C=O) groups is 1. The standard InChI is InChI=1S/C21H26F2N8O/c1-12-8-18(27-20(25-12)21(3,22)23)31-16-9-17(26-13(2)32)24-10-15(16)19(28-31)30-7-6-14(11-30)29(4)5/h8-10,14H,6-7,11H2,1-5H3,(H,24,26,32)/t14-/m0/s1. The number of nitrogens with one attached hydrogen (secondary N) is 1. The molecule has 1 fully saturated rings. The van der Waals surface area contributed by atoms with Crippen molar-refractivity contribution in [1.82, 2.24) is 29.6 Å². The summed E-state index contributed by atoms with van der Waals surface area (Å²) in [6, 6.07) is 3.67. The lowest BCUT2D eigenvalue weighted by molar-refractivity contribution is -0.114. The first-order chi connectivity index (χ1) is 15.0. The van der Waals surface area contributed by atoms with Crippen LogP contribution < -0.4 is 10.2 Å². The number of halogens is 2. The van der Waals surface area contributed by atoms with Crippen LogP contribution in [0.5, 0.6) is 0 Å². The molecule has 3 aromatic heterocycles. The van der Waals surface area contributed by atoms with Gasteiger partial charge in [-0.1, -0.05) is 0 Å². The highest BCUT2D eigenvalue weighted by Crippen LogP contribution is 2.32. The number of aromatic nitrogens is 5. The molecule has 1 N–H and O–H groups in total. The van der Waals surface area contributed by atoms with E-state index in [1.54, 1.807) is 25.3 Å². The van der Waals surface area contributed by atoms with Crippen molar-refractivity contribution in [3.05, 3.63) is 29.8 Å². The fraction of sp³-hybridized carbons (Fsp3) is 0.476. The number of rotatable bonds is 5. The third-order valence-electron chi connectivity index (χ3n) is 5.49. The first kappa shape index (κ1) is 22.0. The maximum absolute atomic E-state index is 14.0. The maximum Gasteiger partial charge on any atom is 0.303 e. The Kier molecular flexibility index (Phi) is 5.53. The Labute approximate surface area is 184 Å². The van der Waals surface area contributed by atoms with Crippen molar-refractivity contribution >= 4 is 28.4 Å². The highest BCUT2D eigenvalue weighted by molar-refractivity contribution is 5.95. The predicted molar refractivity (Wildman–Crippen MR) is 117 cm³/mol. The number of hydrogen-bond acceptors (Lipinski definition) is 7. The highest BCUT2D eigenvalue weighted by atomic mass is 19.3. The molecule has 0 unspecified atom stereocenters. The van der Waals surface area contributed by atoms with E-state index in [2.05, 4.69) is 30.1 Å². The topological polar surface area (TPSA) is 92.1 Å². The van der Waals surface area contributed by atoms with Gasteiger partial charge in [0.1, 0.15) is 5.82 Å². The number of amides is 1. The molecule has 0 bridgehead atoms. The molecular formula is C21H26F2N8O. The Morgan fingerprint density at radius 2 is 2.03 bits per heavy atom. The van der Waals surface area contributed by atoms with Gasteiger partial charge in [-0.05, 0) is 27.4 Å². The zero-order valence-corrected chi connectivity index (χ0v) is 18.7. The fourth-order valence-electron chi connectivity index (χ4n) is 3.86. The fourth-order valence-corrected chi connectivity index (χ4v) is 3.86. The van der Waals surface area contributed by atoms with Crippen LogP contribution in [-0.4, -0.2) is 68.8 Å². The van der Waals surface area contributed by atoms with Gasteiger partial charge in [-0.2, -0.15) is 8.78 Å². The van der Waals surface area contributed by atoms with Gasteiger partial charge in [0.15, 0.2) is 11.6 Å². The van der Waals surface area contributed by atoms with Crippen LogP contribution in [0, 0.1) is 6.92 Å². The number of pyridine rings is 1. The summed E-state index contributed by atoms with van der Waals surface area (Å²) >= 11 is 0. The van der Waals surface area contributed by atoms with Crippen molar-refractivity contribution in [2.75, 3.05) is 37.4 Å². The number of carbonyl (C=O) groups excluding carboxylic acids is 1. The molecule has 1 aliphatic rings. The van der Waals surface area contributed by atoms with Crippen LogP contribution in [0.2, 0.25) is 0 Å². The zero-order valence-electron chi connectivity index (χ0n) is 18.7. The van der Waals surface area contributed by atoms with Gasteiger partial charge < -0.3 is 15.1 Å². The minimum atomic E-state index is -3.19. The highest BCUT2D eigenvalue weighted by Gasteiger charge is 2.31. The van der Waals surface area contributed by atoms with Crippen molar-refractivity contribution in [2.45, 2.75) is 39.2 Å². The maximum atomic E-state index is 14.0. The third kappa shape index (κ3) is 4.24. The molecule has 4 heterocycles. The van der Waals surface area contributed by atoms with Gasteiger partial charge in [0.25, 0.3) is 0 Å². The third-order valence-corrected chi connectivity index (χ3v) is 5.49. The Morgan fingerprint density at radius 1 is 1.28 bits per heavy atom. The summed E-state index contributed by atoms with van der Waals surface area (Å²) in [6.07, 6.45) is 2.63. The lowest BCUT2D eigenvalue weighted by Gasteiger charge is -2.20. The van der Waals surface area contributed by atoms with E-state index in [9.17, 15) is 13.6 Å². The first-order valence-electron chi connectivity index (χ1n) is 10.3. The Bertz CT molecular complexity index is 1170. The summed E-state index contributed by atoms with van der Waals surface area (Å²) in [5.41, 5.74) is 1.01. The van der Waals surface area contributed by atoms with E-state index in [0.29, 0.717) is 28.9 Å². The molecule has 0 spiro atoms. The predicted octanol–water partition coefficient (Wildman–Crippen LogP) is 2.73. The number of alkyl halides is 2. The molecule has 0 radical (unpaired) electrons. The van der Waals surface area contributed by atoms with E-state index in [1.807, 2.05) is 14.1 Å². The second-order valence-electron chi connectivity index (χ2n) is 8.43. The Morgan fingerprint density at radius 3 is 2.66 bits per heavy atom. The molecule has 1 saturated heterocycles. The lowest BCUT2D eigenvalue weighted by atomic mass is 10.2. The van der Waals surface area contributed by atoms with Gasteiger partial charge in [0.2, 0.25) is 11.7 Å². The molecule has 32 heavy (non-hydrogen) atoms. The Balaban J connectivity index is 1.88. The van der Waals surface area contributed by atoms with Gasteiger partial charge in [-0.25, -0.2) is 19.6 Å². The van der Waals surface area contributed by atoms with Gasteiger partial charge >= 0.3 is 5.92 Å². The summed E-state index contributed by atoms with van der Waals surface area (Å²) in [4.78, 5) is 28.2. The van der Waals surface area contributed by atoms with E-state index in [4.69, 9.17) is 5.10 Å². The summed E-state index contributed by atoms with van der Waals surface area (Å²) in [5.74, 6) is -2.74. The molecule has 1 amide bonds. The first-order valence-corrected chi connectivity index (χ1v) is 10.3. The normalized spacial score (nSPS) is 16.9. The molecule has 3 aromatic rings. The van der Waals surface area contributed by atoms with Crippen molar-refractivity contribution < 1.29 is 13.6 Å². The molecule has 1 aliphatic heterocycles. The molecule has 11 heteroatoms. The van der Waals surface area contributed by atoms with Gasteiger partial charge in [0.05, 0.1) is 10.9 Å². The van der Waals surface area contributed by atoms with Crippen LogP contribution in [0.25, 0.3) is 16.7 Å². The Hall–Kier alpha value is -3.21. The largest absolute Gasteiger partial charge is 0.353 e. The van der Waals surface area contributed by atoms with Gasteiger partial charge in [0, 0.05) is 57.0 Å². The van der Waals surface area contributed by atoms with Crippen LogP contribution in [-0.2, 0) is 10.7 Å². The molecule has 4 rings (SSSR count). The zero-order chi connectivity index (χ0) is 23.2. The van der Waals surface area contributed by atoms with Crippen molar-refractivity contribution in [2.24, 2.45) is 0 Å². The minimum Gasteiger partial charge on any atom is -0.353 e. The average Bonchev–Trinajstić information content (AvgIpc) is 3.31. The summed E-state index contributed by atoms with van der Waals surface area (Å²) in [5, 5.41) is 8.16. The molecule has 0 aromatic carbocycles. The van der Waals surface area contributed by atoms with Crippen LogP contribution in [0.1, 0.15) is 31.8 Å². The number of anilines is 2. The van der Waals surface area contributed by atoms with E-state index >= 15 is 0 Å². The van der Waals surface area contributed by atoms with E-state index in [0.717, 1.165) is 31.8 Å². The molecule has 170 valence electrons. The summed E-state index contributed by atoms with van der Waals surface area (Å²) < 4.78 is 29.5. The van der Waals surface area contributed by atoms with Crippen molar-refractivity contribution in [3.8, 4) is 5.82 Å². The molecule has 9 nitrogen and oxygen atoms in total. The second kappa shape index (κ2) is 8.05. The van der Waals surface area contributed by atoms with Crippen LogP contribution in [0.3, 0.4) is 0 Å². The van der Waals surface area contributed by atoms with Crippen LogP contribution in [0.15, 0.2) is 18.3 Å². The van der Waals surface area contributed by atoms with Gasteiger partial charge in [-0.3, -0.25) is 4.79 Å². The van der Waals surface area contributed by atoms with Crippen molar-refractivity contribution in [1.29, 1.82) is 0 Å². The average molecular weight is 444 g/mol. The summed E-state index contributed by atoms with van der Waals surface area (Å²) in [6.45, 7) is 5.39. The number of aryl methyl sites for hydroxylation is 1. The van der Waals surface area contributed by atoms with Crippen LogP contribution in [0.4, 0.5) is 20.4 Å². The molecule has 0 aliphatic carbocycles. The monoisotopic (exact) mass is 444 g/mol. The minimum absolute atomic E-state index is 0.230. The van der Waals surface area contributed by atoms with Crippen LogP contribution >= 0.6 is 0 Å². The van der Waals surface area contributed by atoms with E-state index < -0.39 is 11.7 Å². The summed E-state index contributed by atoms with van der Waals surface area (Å²) in [7, 11) is 4.09. The number of nitrogens with zero attached hydrogens (tertiary/aromatic N) is 7. The lowest BCUT2D eigenvalue weighted by Crippen LogP contribution is -2.31. The van der Waals surface area contributed by atoms with E-state index in [1.165, 1.54) is 11.6 Å². The second-order valence-corrected chi connectivity index (χ2v) is 8.43. The molecule has 1 atom stereocenters. The van der Waals surface area contributed by atoms with Crippen molar-refractivity contribution in [3.63, 3.8) is 0 Å². The smallest absolute Gasteiger partial charge is 0.303 e. The SMILES string of the molecule is CC(=O)Nc1cc2c(cn1)c(N1CC[C@H](N(C)C)C1)nn2-c1cc(C)nc(C(C)(F)F)n1.